The molecule has 0 saturated carbocycles. The van der Waals surface area contributed by atoms with Gasteiger partial charge in [-0.25, -0.2) is 0 Å². The van der Waals surface area contributed by atoms with Crippen molar-refractivity contribution in [2.24, 2.45) is 5.92 Å². The van der Waals surface area contributed by atoms with Crippen LogP contribution in [0.5, 0.6) is 0 Å². The van der Waals surface area contributed by atoms with E-state index < -0.39 is 0 Å². The lowest BCUT2D eigenvalue weighted by molar-refractivity contribution is 0.200. The van der Waals surface area contributed by atoms with Gasteiger partial charge in [0.2, 0.25) is 0 Å². The molecule has 2 heteroatoms. The van der Waals surface area contributed by atoms with Crippen LogP contribution in [-0.2, 0) is 6.42 Å². The summed E-state index contributed by atoms with van der Waals surface area (Å²) < 4.78 is 0. The maximum Gasteiger partial charge on any atom is 0.0471 e. The van der Waals surface area contributed by atoms with Gasteiger partial charge in [-0.05, 0) is 31.2 Å². The summed E-state index contributed by atoms with van der Waals surface area (Å²) in [5, 5.41) is 12.7. The summed E-state index contributed by atoms with van der Waals surface area (Å²) in [6, 6.07) is 11.4. The highest BCUT2D eigenvalue weighted by molar-refractivity contribution is 5.15. The van der Waals surface area contributed by atoms with Gasteiger partial charge in [0, 0.05) is 18.7 Å². The van der Waals surface area contributed by atoms with E-state index in [2.05, 4.69) is 50.4 Å². The fourth-order valence-electron chi connectivity index (χ4n) is 1.91. The summed E-state index contributed by atoms with van der Waals surface area (Å²) in [6.07, 6.45) is 2.16. The second kappa shape index (κ2) is 7.46. The first-order chi connectivity index (χ1) is 8.17. The normalized spacial score (nSPS) is 16.5. The first-order valence-corrected chi connectivity index (χ1v) is 6.58. The highest BCUT2D eigenvalue weighted by atomic mass is 16.3. The lowest BCUT2D eigenvalue weighted by Gasteiger charge is -2.26. The van der Waals surface area contributed by atoms with Crippen molar-refractivity contribution in [1.82, 2.24) is 5.32 Å². The van der Waals surface area contributed by atoms with E-state index in [1.54, 1.807) is 0 Å². The SMILES string of the molecule is CCC(Cc1ccccc1)NC(C)C(C)CO. The Hall–Kier alpha value is -0.860. The van der Waals surface area contributed by atoms with Crippen LogP contribution in [0.15, 0.2) is 30.3 Å². The van der Waals surface area contributed by atoms with Gasteiger partial charge in [-0.15, -0.1) is 0 Å². The van der Waals surface area contributed by atoms with E-state index in [1.165, 1.54) is 5.56 Å². The number of rotatable bonds is 7. The van der Waals surface area contributed by atoms with Gasteiger partial charge >= 0.3 is 0 Å². The minimum Gasteiger partial charge on any atom is -0.396 e. The molecule has 96 valence electrons. The Bertz CT molecular complexity index is 299. The molecule has 0 bridgehead atoms. The van der Waals surface area contributed by atoms with E-state index in [0.29, 0.717) is 18.0 Å². The lowest BCUT2D eigenvalue weighted by atomic mass is 9.99. The monoisotopic (exact) mass is 235 g/mol. The fourth-order valence-corrected chi connectivity index (χ4v) is 1.91. The fraction of sp³-hybridized carbons (Fsp3) is 0.600. The zero-order valence-electron chi connectivity index (χ0n) is 11.2. The summed E-state index contributed by atoms with van der Waals surface area (Å²) in [4.78, 5) is 0. The maximum absolute atomic E-state index is 9.14. The molecule has 0 aliphatic carbocycles. The maximum atomic E-state index is 9.14. The van der Waals surface area contributed by atoms with Crippen LogP contribution in [0.4, 0.5) is 0 Å². The van der Waals surface area contributed by atoms with E-state index in [0.717, 1.165) is 12.8 Å². The van der Waals surface area contributed by atoms with Crippen LogP contribution >= 0.6 is 0 Å². The molecule has 0 saturated heterocycles. The third kappa shape index (κ3) is 4.88. The molecule has 0 heterocycles. The molecule has 0 radical (unpaired) electrons. The van der Waals surface area contributed by atoms with Gasteiger partial charge in [0.05, 0.1) is 0 Å². The molecule has 3 unspecified atom stereocenters. The van der Waals surface area contributed by atoms with Gasteiger partial charge in [-0.1, -0.05) is 44.2 Å². The average molecular weight is 235 g/mol. The van der Waals surface area contributed by atoms with Crippen LogP contribution in [0.3, 0.4) is 0 Å². The summed E-state index contributed by atoms with van der Waals surface area (Å²) in [5.74, 6) is 0.305. The lowest BCUT2D eigenvalue weighted by Crippen LogP contribution is -2.42. The van der Waals surface area contributed by atoms with Gasteiger partial charge in [-0.3, -0.25) is 0 Å². The van der Waals surface area contributed by atoms with Gasteiger partial charge in [-0.2, -0.15) is 0 Å². The largest absolute Gasteiger partial charge is 0.396 e. The Balaban J connectivity index is 2.49. The summed E-state index contributed by atoms with van der Waals surface area (Å²) in [7, 11) is 0. The third-order valence-electron chi connectivity index (χ3n) is 3.46. The zero-order chi connectivity index (χ0) is 12.7. The van der Waals surface area contributed by atoms with Crippen molar-refractivity contribution in [3.05, 3.63) is 35.9 Å². The molecule has 0 fully saturated rings. The van der Waals surface area contributed by atoms with Crippen molar-refractivity contribution < 1.29 is 5.11 Å². The van der Waals surface area contributed by atoms with Crippen LogP contribution in [0, 0.1) is 5.92 Å². The van der Waals surface area contributed by atoms with Crippen molar-refractivity contribution >= 4 is 0 Å². The molecule has 3 atom stereocenters. The van der Waals surface area contributed by atoms with Crippen molar-refractivity contribution in [3.63, 3.8) is 0 Å². The highest BCUT2D eigenvalue weighted by Crippen LogP contribution is 2.09. The molecular formula is C15H25NO. The van der Waals surface area contributed by atoms with Crippen molar-refractivity contribution in [1.29, 1.82) is 0 Å². The number of aliphatic hydroxyl groups is 1. The molecule has 0 aromatic heterocycles. The molecule has 0 aliphatic heterocycles. The molecule has 17 heavy (non-hydrogen) atoms. The van der Waals surface area contributed by atoms with Crippen LogP contribution < -0.4 is 5.32 Å². The minimum atomic E-state index is 0.246. The Kier molecular flexibility index (Phi) is 6.23. The summed E-state index contributed by atoms with van der Waals surface area (Å²) >= 11 is 0. The van der Waals surface area contributed by atoms with Crippen LogP contribution in [0.25, 0.3) is 0 Å². The smallest absolute Gasteiger partial charge is 0.0471 e. The summed E-state index contributed by atoms with van der Waals surface area (Å²) in [6.45, 7) is 6.67. The number of nitrogens with one attached hydrogen (secondary N) is 1. The number of hydrogen-bond acceptors (Lipinski definition) is 2. The minimum absolute atomic E-state index is 0.246. The molecule has 1 rings (SSSR count). The van der Waals surface area contributed by atoms with Crippen LogP contribution in [0.2, 0.25) is 0 Å². The highest BCUT2D eigenvalue weighted by Gasteiger charge is 2.15. The Morgan fingerprint density at radius 2 is 1.82 bits per heavy atom. The van der Waals surface area contributed by atoms with Gasteiger partial charge in [0.1, 0.15) is 0 Å². The van der Waals surface area contributed by atoms with Gasteiger partial charge in [0.15, 0.2) is 0 Å². The molecule has 0 aliphatic rings. The number of hydrogen-bond donors (Lipinski definition) is 2. The molecule has 1 aromatic carbocycles. The molecule has 2 N–H and O–H groups in total. The standard InChI is InChI=1S/C15H25NO/c1-4-15(16-13(3)12(2)11-17)10-14-8-6-5-7-9-14/h5-9,12-13,15-17H,4,10-11H2,1-3H3. The van der Waals surface area contributed by atoms with Gasteiger partial charge in [0.25, 0.3) is 0 Å². The Morgan fingerprint density at radius 1 is 1.18 bits per heavy atom. The molecule has 2 nitrogen and oxygen atoms in total. The first kappa shape index (κ1) is 14.2. The predicted octanol–water partition coefficient (Wildman–Crippen LogP) is 2.61. The zero-order valence-corrected chi connectivity index (χ0v) is 11.2. The third-order valence-corrected chi connectivity index (χ3v) is 3.46. The van der Waals surface area contributed by atoms with E-state index in [1.807, 2.05) is 6.07 Å². The van der Waals surface area contributed by atoms with E-state index in [-0.39, 0.29) is 6.61 Å². The number of aliphatic hydroxyl groups excluding tert-OH is 1. The topological polar surface area (TPSA) is 32.3 Å². The Morgan fingerprint density at radius 3 is 2.35 bits per heavy atom. The average Bonchev–Trinajstić information content (AvgIpc) is 2.38. The van der Waals surface area contributed by atoms with Crippen LogP contribution in [0.1, 0.15) is 32.8 Å². The summed E-state index contributed by atoms with van der Waals surface area (Å²) in [5.41, 5.74) is 1.37. The van der Waals surface area contributed by atoms with E-state index in [4.69, 9.17) is 5.11 Å². The quantitative estimate of drug-likeness (QED) is 0.761. The van der Waals surface area contributed by atoms with Crippen molar-refractivity contribution in [2.75, 3.05) is 6.61 Å². The molecule has 1 aromatic rings. The predicted molar refractivity (Wildman–Crippen MR) is 73.1 cm³/mol. The Labute approximate surface area is 105 Å². The van der Waals surface area contributed by atoms with E-state index in [9.17, 15) is 0 Å². The van der Waals surface area contributed by atoms with Crippen molar-refractivity contribution in [2.45, 2.75) is 45.7 Å². The van der Waals surface area contributed by atoms with Gasteiger partial charge < -0.3 is 10.4 Å². The number of benzene rings is 1. The van der Waals surface area contributed by atoms with Crippen LogP contribution in [-0.4, -0.2) is 23.8 Å². The second-order valence-electron chi connectivity index (χ2n) is 4.91. The molecular weight excluding hydrogens is 210 g/mol. The second-order valence-corrected chi connectivity index (χ2v) is 4.91. The molecule has 0 spiro atoms. The first-order valence-electron chi connectivity index (χ1n) is 6.58. The van der Waals surface area contributed by atoms with Crippen molar-refractivity contribution in [3.8, 4) is 0 Å². The molecule has 0 amide bonds. The van der Waals surface area contributed by atoms with E-state index >= 15 is 0 Å².